The second-order valence-electron chi connectivity index (χ2n) is 6.34. The Labute approximate surface area is 168 Å². The number of hydrogen-bond donors (Lipinski definition) is 2. The number of ether oxygens (including phenoxy) is 1. The summed E-state index contributed by atoms with van der Waals surface area (Å²) in [6.45, 7) is 0. The molecule has 6 nitrogen and oxygen atoms in total. The van der Waals surface area contributed by atoms with Crippen molar-refractivity contribution >= 4 is 17.5 Å². The summed E-state index contributed by atoms with van der Waals surface area (Å²) in [5.41, 5.74) is 3.23. The minimum absolute atomic E-state index is 0.338. The standard InChI is InChI=1S/C23H20N4O2/c1-29-20-14-12-17(13-15-20)21-16-22(27(26-21)19-10-6-3-7-11-19)25-23(28)24-18-8-4-2-5-9-18/h2-16H,1H3,(H2,24,25,28). The maximum atomic E-state index is 12.5. The van der Waals surface area contributed by atoms with Crippen LogP contribution in [0.4, 0.5) is 16.3 Å². The van der Waals surface area contributed by atoms with E-state index < -0.39 is 0 Å². The Bertz CT molecular complexity index is 1090. The molecule has 2 N–H and O–H groups in total. The lowest BCUT2D eigenvalue weighted by atomic mass is 10.1. The maximum Gasteiger partial charge on any atom is 0.324 e. The van der Waals surface area contributed by atoms with Gasteiger partial charge in [-0.1, -0.05) is 36.4 Å². The van der Waals surface area contributed by atoms with E-state index in [1.165, 1.54) is 0 Å². The maximum absolute atomic E-state index is 12.5. The lowest BCUT2D eigenvalue weighted by Gasteiger charge is -2.10. The molecule has 3 aromatic carbocycles. The Morgan fingerprint density at radius 2 is 1.52 bits per heavy atom. The summed E-state index contributed by atoms with van der Waals surface area (Å²) in [5.74, 6) is 1.34. The number of nitrogens with one attached hydrogen (secondary N) is 2. The SMILES string of the molecule is COc1ccc(-c2cc(NC(=O)Nc3ccccc3)n(-c3ccccc3)n2)cc1. The van der Waals surface area contributed by atoms with Crippen LogP contribution < -0.4 is 15.4 Å². The summed E-state index contributed by atoms with van der Waals surface area (Å²) < 4.78 is 6.93. The number of hydrogen-bond acceptors (Lipinski definition) is 3. The van der Waals surface area contributed by atoms with E-state index in [9.17, 15) is 4.79 Å². The van der Waals surface area contributed by atoms with Crippen LogP contribution in [-0.4, -0.2) is 22.9 Å². The van der Waals surface area contributed by atoms with Crippen LogP contribution in [0, 0.1) is 0 Å². The number of rotatable bonds is 5. The predicted octanol–water partition coefficient (Wildman–Crippen LogP) is 5.19. The third-order valence-corrected chi connectivity index (χ3v) is 4.37. The first kappa shape index (κ1) is 18.3. The van der Waals surface area contributed by atoms with Crippen LogP contribution in [-0.2, 0) is 0 Å². The van der Waals surface area contributed by atoms with Gasteiger partial charge in [0, 0.05) is 17.3 Å². The minimum Gasteiger partial charge on any atom is -0.497 e. The van der Waals surface area contributed by atoms with Crippen molar-refractivity contribution < 1.29 is 9.53 Å². The molecule has 0 saturated heterocycles. The van der Waals surface area contributed by atoms with Gasteiger partial charge >= 0.3 is 6.03 Å². The monoisotopic (exact) mass is 384 g/mol. The van der Waals surface area contributed by atoms with Crippen molar-refractivity contribution in [3.05, 3.63) is 91.0 Å². The highest BCUT2D eigenvalue weighted by molar-refractivity contribution is 5.99. The predicted molar refractivity (Wildman–Crippen MR) is 115 cm³/mol. The molecule has 0 bridgehead atoms. The zero-order chi connectivity index (χ0) is 20.1. The third-order valence-electron chi connectivity index (χ3n) is 4.37. The number of para-hydroxylation sites is 2. The van der Waals surface area contributed by atoms with Gasteiger partial charge in [-0.25, -0.2) is 9.48 Å². The van der Waals surface area contributed by atoms with E-state index >= 15 is 0 Å². The van der Waals surface area contributed by atoms with Crippen molar-refractivity contribution in [1.29, 1.82) is 0 Å². The van der Waals surface area contributed by atoms with Gasteiger partial charge in [-0.3, -0.25) is 5.32 Å². The van der Waals surface area contributed by atoms with Crippen LogP contribution in [0.2, 0.25) is 0 Å². The minimum atomic E-state index is -0.338. The summed E-state index contributed by atoms with van der Waals surface area (Å²) in [6, 6.07) is 28.1. The van der Waals surface area contributed by atoms with Crippen molar-refractivity contribution in [3.63, 3.8) is 0 Å². The van der Waals surface area contributed by atoms with Crippen LogP contribution in [0.15, 0.2) is 91.0 Å². The summed E-state index contributed by atoms with van der Waals surface area (Å²) in [6.07, 6.45) is 0. The number of aromatic nitrogens is 2. The summed E-state index contributed by atoms with van der Waals surface area (Å²) in [5, 5.41) is 10.4. The van der Waals surface area contributed by atoms with E-state index in [4.69, 9.17) is 9.84 Å². The smallest absolute Gasteiger partial charge is 0.324 e. The van der Waals surface area contributed by atoms with Gasteiger partial charge in [0.05, 0.1) is 18.5 Å². The van der Waals surface area contributed by atoms with Gasteiger partial charge in [0.1, 0.15) is 11.6 Å². The largest absolute Gasteiger partial charge is 0.497 e. The molecule has 0 fully saturated rings. The first-order valence-corrected chi connectivity index (χ1v) is 9.16. The Morgan fingerprint density at radius 1 is 0.862 bits per heavy atom. The zero-order valence-electron chi connectivity index (χ0n) is 15.9. The quantitative estimate of drug-likeness (QED) is 0.497. The number of anilines is 2. The highest BCUT2D eigenvalue weighted by Gasteiger charge is 2.14. The fourth-order valence-corrected chi connectivity index (χ4v) is 2.94. The highest BCUT2D eigenvalue weighted by Crippen LogP contribution is 2.26. The fraction of sp³-hybridized carbons (Fsp3) is 0.0435. The van der Waals surface area contributed by atoms with Crippen molar-refractivity contribution in [2.75, 3.05) is 17.7 Å². The van der Waals surface area contributed by atoms with Crippen molar-refractivity contribution in [2.45, 2.75) is 0 Å². The molecule has 0 unspecified atom stereocenters. The van der Waals surface area contributed by atoms with E-state index in [2.05, 4.69) is 10.6 Å². The van der Waals surface area contributed by atoms with Gasteiger partial charge in [0.15, 0.2) is 0 Å². The van der Waals surface area contributed by atoms with Gasteiger partial charge in [-0.2, -0.15) is 5.10 Å². The normalized spacial score (nSPS) is 10.4. The van der Waals surface area contributed by atoms with Crippen LogP contribution in [0.25, 0.3) is 16.9 Å². The summed E-state index contributed by atoms with van der Waals surface area (Å²) in [4.78, 5) is 12.5. The Hall–Kier alpha value is -4.06. The molecule has 144 valence electrons. The van der Waals surface area contributed by atoms with Gasteiger partial charge in [-0.15, -0.1) is 0 Å². The van der Waals surface area contributed by atoms with Crippen molar-refractivity contribution in [3.8, 4) is 22.7 Å². The average Bonchev–Trinajstić information content (AvgIpc) is 3.18. The first-order chi connectivity index (χ1) is 14.2. The number of urea groups is 1. The number of amides is 2. The molecule has 0 aliphatic carbocycles. The summed E-state index contributed by atoms with van der Waals surface area (Å²) >= 11 is 0. The Morgan fingerprint density at radius 3 is 2.17 bits per heavy atom. The van der Waals surface area contributed by atoms with Crippen LogP contribution >= 0.6 is 0 Å². The number of methoxy groups -OCH3 is 1. The van der Waals surface area contributed by atoms with Crippen LogP contribution in [0.1, 0.15) is 0 Å². The van der Waals surface area contributed by atoms with Crippen LogP contribution in [0.3, 0.4) is 0 Å². The molecule has 0 aliphatic rings. The topological polar surface area (TPSA) is 68.2 Å². The highest BCUT2D eigenvalue weighted by atomic mass is 16.5. The Balaban J connectivity index is 1.65. The molecule has 1 heterocycles. The van der Waals surface area contributed by atoms with E-state index in [0.29, 0.717) is 11.5 Å². The molecule has 0 radical (unpaired) electrons. The second-order valence-corrected chi connectivity index (χ2v) is 6.34. The van der Waals surface area contributed by atoms with Gasteiger partial charge in [0.2, 0.25) is 0 Å². The average molecular weight is 384 g/mol. The fourth-order valence-electron chi connectivity index (χ4n) is 2.94. The van der Waals surface area contributed by atoms with E-state index in [-0.39, 0.29) is 6.03 Å². The molecule has 6 heteroatoms. The molecule has 29 heavy (non-hydrogen) atoms. The van der Waals surface area contributed by atoms with Crippen LogP contribution in [0.5, 0.6) is 5.75 Å². The lowest BCUT2D eigenvalue weighted by Crippen LogP contribution is -2.21. The molecule has 0 aliphatic heterocycles. The first-order valence-electron chi connectivity index (χ1n) is 9.16. The van der Waals surface area contributed by atoms with Gasteiger partial charge in [-0.05, 0) is 48.5 Å². The lowest BCUT2D eigenvalue weighted by molar-refractivity contribution is 0.262. The second kappa shape index (κ2) is 8.31. The zero-order valence-corrected chi connectivity index (χ0v) is 15.9. The number of nitrogens with zero attached hydrogens (tertiary/aromatic N) is 2. The molecule has 4 rings (SSSR count). The molecule has 0 spiro atoms. The van der Waals surface area contributed by atoms with E-state index in [0.717, 1.165) is 22.7 Å². The number of benzene rings is 3. The van der Waals surface area contributed by atoms with Crippen molar-refractivity contribution in [2.24, 2.45) is 0 Å². The molecule has 1 aromatic heterocycles. The molecular formula is C23H20N4O2. The van der Waals surface area contributed by atoms with Gasteiger partial charge < -0.3 is 10.1 Å². The van der Waals surface area contributed by atoms with E-state index in [1.54, 1.807) is 11.8 Å². The molecule has 2 amide bonds. The number of carbonyl (C=O) groups excluding carboxylic acids is 1. The molecule has 0 atom stereocenters. The summed E-state index contributed by atoms with van der Waals surface area (Å²) in [7, 11) is 1.63. The molecular weight excluding hydrogens is 364 g/mol. The molecule has 4 aromatic rings. The third kappa shape index (κ3) is 4.27. The van der Waals surface area contributed by atoms with Crippen molar-refractivity contribution in [1.82, 2.24) is 9.78 Å². The van der Waals surface area contributed by atoms with Gasteiger partial charge in [0.25, 0.3) is 0 Å². The Kier molecular flexibility index (Phi) is 5.25. The number of carbonyl (C=O) groups is 1. The van der Waals surface area contributed by atoms with E-state index in [1.807, 2.05) is 91.0 Å². The molecule has 0 saturated carbocycles.